The van der Waals surface area contributed by atoms with Gasteiger partial charge in [-0.05, 0) is 24.6 Å². The third-order valence-electron chi connectivity index (χ3n) is 3.42. The van der Waals surface area contributed by atoms with Gasteiger partial charge >= 0.3 is 5.69 Å². The van der Waals surface area contributed by atoms with Crippen LogP contribution >= 0.6 is 0 Å². The summed E-state index contributed by atoms with van der Waals surface area (Å²) in [6, 6.07) is 7.26. The molecular formula is C16H21N5O4. The Morgan fingerprint density at radius 1 is 1.20 bits per heavy atom. The minimum absolute atomic E-state index is 0.131. The van der Waals surface area contributed by atoms with Crippen molar-refractivity contribution in [3.05, 3.63) is 46.3 Å². The SMILES string of the molecule is COCC(C)Nc1ncnc(NCc2ccc(OC)cc2)c1[N+](=O)[O-]. The Labute approximate surface area is 145 Å². The minimum atomic E-state index is -0.502. The molecule has 1 unspecified atom stereocenters. The number of aromatic nitrogens is 2. The summed E-state index contributed by atoms with van der Waals surface area (Å²) >= 11 is 0. The first-order valence-electron chi connectivity index (χ1n) is 7.66. The summed E-state index contributed by atoms with van der Waals surface area (Å²) in [6.45, 7) is 2.63. The zero-order valence-corrected chi connectivity index (χ0v) is 14.4. The molecule has 0 aliphatic heterocycles. The number of rotatable bonds is 9. The molecule has 134 valence electrons. The van der Waals surface area contributed by atoms with Crippen molar-refractivity contribution in [1.82, 2.24) is 9.97 Å². The Balaban J connectivity index is 2.17. The summed E-state index contributed by atoms with van der Waals surface area (Å²) in [7, 11) is 3.16. The van der Waals surface area contributed by atoms with Crippen LogP contribution in [0.15, 0.2) is 30.6 Å². The lowest BCUT2D eigenvalue weighted by Crippen LogP contribution is -2.22. The van der Waals surface area contributed by atoms with Crippen LogP contribution < -0.4 is 15.4 Å². The van der Waals surface area contributed by atoms with Crippen molar-refractivity contribution in [3.8, 4) is 5.75 Å². The first-order valence-corrected chi connectivity index (χ1v) is 7.66. The average Bonchev–Trinajstić information content (AvgIpc) is 2.60. The number of nitro groups is 1. The van der Waals surface area contributed by atoms with Gasteiger partial charge < -0.3 is 20.1 Å². The maximum absolute atomic E-state index is 11.5. The number of methoxy groups -OCH3 is 2. The van der Waals surface area contributed by atoms with Crippen molar-refractivity contribution in [2.45, 2.75) is 19.5 Å². The Morgan fingerprint density at radius 2 is 1.88 bits per heavy atom. The van der Waals surface area contributed by atoms with Crippen LogP contribution in [0, 0.1) is 10.1 Å². The predicted octanol–water partition coefficient (Wildman–Crippen LogP) is 2.45. The number of ether oxygens (including phenoxy) is 2. The molecule has 0 fully saturated rings. The third-order valence-corrected chi connectivity index (χ3v) is 3.42. The van der Waals surface area contributed by atoms with Crippen molar-refractivity contribution in [2.24, 2.45) is 0 Å². The van der Waals surface area contributed by atoms with Crippen molar-refractivity contribution >= 4 is 17.3 Å². The molecule has 9 heteroatoms. The van der Waals surface area contributed by atoms with Gasteiger partial charge in [0.15, 0.2) is 0 Å². The van der Waals surface area contributed by atoms with E-state index >= 15 is 0 Å². The number of hydrogen-bond donors (Lipinski definition) is 2. The summed E-state index contributed by atoms with van der Waals surface area (Å²) < 4.78 is 10.1. The van der Waals surface area contributed by atoms with E-state index in [1.54, 1.807) is 14.2 Å². The van der Waals surface area contributed by atoms with E-state index < -0.39 is 4.92 Å². The number of hydrogen-bond acceptors (Lipinski definition) is 8. The molecule has 0 bridgehead atoms. The number of nitrogens with zero attached hydrogens (tertiary/aromatic N) is 3. The van der Waals surface area contributed by atoms with E-state index in [1.165, 1.54) is 6.33 Å². The number of benzene rings is 1. The summed E-state index contributed by atoms with van der Waals surface area (Å²) in [5.74, 6) is 1.06. The molecule has 0 radical (unpaired) electrons. The second-order valence-electron chi connectivity index (χ2n) is 5.38. The Hall–Kier alpha value is -2.94. The fraction of sp³-hybridized carbons (Fsp3) is 0.375. The Kier molecular flexibility index (Phi) is 6.47. The molecule has 9 nitrogen and oxygen atoms in total. The highest BCUT2D eigenvalue weighted by Crippen LogP contribution is 2.29. The van der Waals surface area contributed by atoms with Crippen molar-refractivity contribution < 1.29 is 14.4 Å². The van der Waals surface area contributed by atoms with E-state index in [1.807, 2.05) is 31.2 Å². The van der Waals surface area contributed by atoms with Crippen molar-refractivity contribution in [2.75, 3.05) is 31.5 Å². The lowest BCUT2D eigenvalue weighted by molar-refractivity contribution is -0.383. The molecule has 1 aromatic heterocycles. The fourth-order valence-corrected chi connectivity index (χ4v) is 2.24. The van der Waals surface area contributed by atoms with Crippen LogP contribution in [0.4, 0.5) is 17.3 Å². The van der Waals surface area contributed by atoms with E-state index in [2.05, 4.69) is 20.6 Å². The molecular weight excluding hydrogens is 326 g/mol. The van der Waals surface area contributed by atoms with Gasteiger partial charge in [0.1, 0.15) is 12.1 Å². The van der Waals surface area contributed by atoms with Gasteiger partial charge in [-0.2, -0.15) is 0 Å². The van der Waals surface area contributed by atoms with Gasteiger partial charge in [0.05, 0.1) is 18.6 Å². The van der Waals surface area contributed by atoms with Crippen LogP contribution in [0.5, 0.6) is 5.75 Å². The maximum Gasteiger partial charge on any atom is 0.353 e. The van der Waals surface area contributed by atoms with Gasteiger partial charge in [0.2, 0.25) is 11.6 Å². The van der Waals surface area contributed by atoms with Crippen LogP contribution in [0.3, 0.4) is 0 Å². The molecule has 0 spiro atoms. The van der Waals surface area contributed by atoms with E-state index in [0.29, 0.717) is 13.2 Å². The average molecular weight is 347 g/mol. The van der Waals surface area contributed by atoms with Crippen LogP contribution in [0.25, 0.3) is 0 Å². The highest BCUT2D eigenvalue weighted by Gasteiger charge is 2.23. The molecule has 2 N–H and O–H groups in total. The molecule has 0 amide bonds. The van der Waals surface area contributed by atoms with Crippen molar-refractivity contribution in [1.29, 1.82) is 0 Å². The lowest BCUT2D eigenvalue weighted by atomic mass is 10.2. The molecule has 0 aliphatic carbocycles. The van der Waals surface area contributed by atoms with Crippen LogP contribution in [-0.2, 0) is 11.3 Å². The summed E-state index contributed by atoms with van der Waals surface area (Å²) in [4.78, 5) is 19.0. The number of anilines is 2. The summed E-state index contributed by atoms with van der Waals surface area (Å²) in [5, 5.41) is 17.4. The summed E-state index contributed by atoms with van der Waals surface area (Å²) in [6.07, 6.45) is 1.28. The van der Waals surface area contributed by atoms with Gasteiger partial charge in [-0.15, -0.1) is 0 Å². The molecule has 0 aliphatic rings. The molecule has 1 atom stereocenters. The van der Waals surface area contributed by atoms with Gasteiger partial charge in [-0.3, -0.25) is 10.1 Å². The highest BCUT2D eigenvalue weighted by molar-refractivity contribution is 5.69. The molecule has 0 saturated heterocycles. The van der Waals surface area contributed by atoms with E-state index in [4.69, 9.17) is 9.47 Å². The maximum atomic E-state index is 11.5. The first-order chi connectivity index (χ1) is 12.0. The molecule has 1 aromatic carbocycles. The zero-order chi connectivity index (χ0) is 18.2. The second-order valence-corrected chi connectivity index (χ2v) is 5.38. The molecule has 0 saturated carbocycles. The second kappa shape index (κ2) is 8.78. The molecule has 1 heterocycles. The van der Waals surface area contributed by atoms with Crippen LogP contribution in [0.2, 0.25) is 0 Å². The normalized spacial score (nSPS) is 11.6. The van der Waals surface area contributed by atoms with Crippen molar-refractivity contribution in [3.63, 3.8) is 0 Å². The Bertz CT molecular complexity index is 708. The quantitative estimate of drug-likeness (QED) is 0.525. The van der Waals surface area contributed by atoms with E-state index in [9.17, 15) is 10.1 Å². The van der Waals surface area contributed by atoms with Gasteiger partial charge in [-0.1, -0.05) is 12.1 Å². The molecule has 25 heavy (non-hydrogen) atoms. The first kappa shape index (κ1) is 18.4. The third kappa shape index (κ3) is 5.01. The van der Waals surface area contributed by atoms with Crippen LogP contribution in [-0.4, -0.2) is 41.8 Å². The van der Waals surface area contributed by atoms with E-state index in [0.717, 1.165) is 11.3 Å². The summed E-state index contributed by atoms with van der Waals surface area (Å²) in [5.41, 5.74) is 0.745. The zero-order valence-electron chi connectivity index (χ0n) is 14.4. The van der Waals surface area contributed by atoms with Crippen LogP contribution in [0.1, 0.15) is 12.5 Å². The lowest BCUT2D eigenvalue weighted by Gasteiger charge is -2.14. The molecule has 2 rings (SSSR count). The standard InChI is InChI=1S/C16H21N5O4/c1-11(9-24-2)20-16-14(21(22)23)15(18-10-19-16)17-8-12-4-6-13(25-3)7-5-12/h4-7,10-11H,8-9H2,1-3H3,(H2,17,18,19,20). The largest absolute Gasteiger partial charge is 0.497 e. The highest BCUT2D eigenvalue weighted by atomic mass is 16.6. The monoisotopic (exact) mass is 347 g/mol. The fourth-order valence-electron chi connectivity index (χ4n) is 2.24. The predicted molar refractivity (Wildman–Crippen MR) is 94.0 cm³/mol. The minimum Gasteiger partial charge on any atom is -0.497 e. The molecule has 2 aromatic rings. The number of nitrogens with one attached hydrogen (secondary N) is 2. The van der Waals surface area contributed by atoms with E-state index in [-0.39, 0.29) is 23.4 Å². The van der Waals surface area contributed by atoms with Gasteiger partial charge in [-0.25, -0.2) is 9.97 Å². The van der Waals surface area contributed by atoms with Gasteiger partial charge in [0.25, 0.3) is 0 Å². The Morgan fingerprint density at radius 3 is 2.48 bits per heavy atom. The topological polar surface area (TPSA) is 111 Å². The smallest absolute Gasteiger partial charge is 0.353 e. The van der Waals surface area contributed by atoms with Gasteiger partial charge in [0, 0.05) is 19.7 Å².